The van der Waals surface area contributed by atoms with E-state index in [1.54, 1.807) is 36.7 Å². The second-order valence-electron chi connectivity index (χ2n) is 6.43. The number of aliphatic hydroxyl groups excluding tert-OH is 1. The molecule has 0 spiro atoms. The monoisotopic (exact) mass is 436 g/mol. The predicted octanol–water partition coefficient (Wildman–Crippen LogP) is 5.40. The molecule has 0 atom stereocenters. The van der Waals surface area contributed by atoms with E-state index in [4.69, 9.17) is 9.15 Å². The summed E-state index contributed by atoms with van der Waals surface area (Å²) in [5.74, 6) is 0.182. The summed E-state index contributed by atoms with van der Waals surface area (Å²) < 4.78 is 12.0. The highest BCUT2D eigenvalue weighted by molar-refractivity contribution is 9.10. The van der Waals surface area contributed by atoms with Gasteiger partial charge < -0.3 is 14.3 Å². The number of carbonyl (C=O) groups excluding carboxylic acids is 1. The molecule has 4 aromatic rings. The summed E-state index contributed by atoms with van der Waals surface area (Å²) in [6, 6.07) is 9.10. The molecule has 0 radical (unpaired) electrons. The highest BCUT2D eigenvalue weighted by Gasteiger charge is 2.37. The number of allylic oxidation sites excluding steroid dienone is 1. The second-order valence-corrected chi connectivity index (χ2v) is 7.34. The van der Waals surface area contributed by atoms with Crippen molar-refractivity contribution in [2.45, 2.75) is 13.3 Å². The molecule has 5 rings (SSSR count). The average Bonchev–Trinajstić information content (AvgIpc) is 3.37. The van der Waals surface area contributed by atoms with Crippen LogP contribution in [-0.2, 0) is 6.42 Å². The van der Waals surface area contributed by atoms with Crippen LogP contribution in [0, 0.1) is 0 Å². The number of rotatable bonds is 4. The van der Waals surface area contributed by atoms with Crippen LogP contribution in [0.3, 0.4) is 0 Å². The standard InChI is InChI=1S/C21H13BrN2O4/c1-2-10-3-4-12(27-21-23-8-11(22)9-24-21)7-13(10)16-19(25)17-14-5-6-15(28-14)18(17)20(16)26/h3-9,25H,2H2,1H3. The first-order valence-electron chi connectivity index (χ1n) is 8.68. The number of ketones is 1. The maximum Gasteiger partial charge on any atom is 0.321 e. The van der Waals surface area contributed by atoms with E-state index in [0.717, 1.165) is 10.0 Å². The third kappa shape index (κ3) is 2.43. The number of aryl methyl sites for hydroxylation is 1. The molecule has 2 bridgehead atoms. The summed E-state index contributed by atoms with van der Waals surface area (Å²) in [5, 5.41) is 10.8. The van der Waals surface area contributed by atoms with Gasteiger partial charge in [0.25, 0.3) is 0 Å². The van der Waals surface area contributed by atoms with Crippen LogP contribution in [0.25, 0.3) is 22.5 Å². The Kier molecular flexibility index (Phi) is 3.73. The summed E-state index contributed by atoms with van der Waals surface area (Å²) >= 11 is 3.28. The predicted molar refractivity (Wildman–Crippen MR) is 107 cm³/mol. The first kappa shape index (κ1) is 16.9. The lowest BCUT2D eigenvalue weighted by atomic mass is 9.95. The molecule has 1 aromatic carbocycles. The van der Waals surface area contributed by atoms with Gasteiger partial charge in [0.15, 0.2) is 0 Å². The number of halogens is 1. The maximum absolute atomic E-state index is 13.1. The minimum Gasteiger partial charge on any atom is -0.506 e. The molecule has 0 fully saturated rings. The van der Waals surface area contributed by atoms with Crippen molar-refractivity contribution >= 4 is 44.2 Å². The Balaban J connectivity index is 1.60. The van der Waals surface area contributed by atoms with Crippen LogP contribution < -0.4 is 4.74 Å². The number of Topliss-reactive ketones (excluding diaryl/α,β-unsaturated/α-hetero) is 1. The number of furan rings is 2. The van der Waals surface area contributed by atoms with Gasteiger partial charge in [-0.25, -0.2) is 9.97 Å². The first-order valence-corrected chi connectivity index (χ1v) is 9.48. The summed E-state index contributed by atoms with van der Waals surface area (Å²) in [6.07, 6.45) is 3.87. The van der Waals surface area contributed by atoms with Crippen molar-refractivity contribution < 1.29 is 19.1 Å². The minimum atomic E-state index is -0.242. The number of aliphatic hydroxyl groups is 1. The lowest BCUT2D eigenvalue weighted by Gasteiger charge is -2.12. The minimum absolute atomic E-state index is 0.0545. The summed E-state index contributed by atoms with van der Waals surface area (Å²) in [5.41, 5.74) is 3.73. The maximum atomic E-state index is 13.1. The molecule has 0 aliphatic heterocycles. The lowest BCUT2D eigenvalue weighted by Crippen LogP contribution is -2.02. The quantitative estimate of drug-likeness (QED) is 0.460. The van der Waals surface area contributed by atoms with Gasteiger partial charge in [0, 0.05) is 12.4 Å². The third-order valence-electron chi connectivity index (χ3n) is 4.81. The number of hydrogen-bond donors (Lipinski definition) is 1. The zero-order chi connectivity index (χ0) is 19.4. The molecule has 3 aromatic heterocycles. The van der Waals surface area contributed by atoms with Crippen LogP contribution in [-0.4, -0.2) is 20.9 Å². The van der Waals surface area contributed by atoms with E-state index < -0.39 is 0 Å². The zero-order valence-corrected chi connectivity index (χ0v) is 16.3. The molecule has 7 heteroatoms. The fraction of sp³-hybridized carbons (Fsp3) is 0.0952. The molecule has 0 amide bonds. The number of aromatic nitrogens is 2. The van der Waals surface area contributed by atoms with E-state index in [-0.39, 0.29) is 23.1 Å². The van der Waals surface area contributed by atoms with E-state index in [0.29, 0.717) is 40.0 Å². The Bertz CT molecular complexity index is 1260. The number of carbonyl (C=O) groups is 1. The van der Waals surface area contributed by atoms with E-state index in [1.165, 1.54) is 0 Å². The second kappa shape index (κ2) is 6.17. The fourth-order valence-electron chi connectivity index (χ4n) is 3.54. The van der Waals surface area contributed by atoms with Crippen LogP contribution in [0.4, 0.5) is 0 Å². The van der Waals surface area contributed by atoms with E-state index in [2.05, 4.69) is 25.9 Å². The van der Waals surface area contributed by atoms with Gasteiger partial charge in [0.05, 0.1) is 21.2 Å². The highest BCUT2D eigenvalue weighted by atomic mass is 79.9. The van der Waals surface area contributed by atoms with Crippen molar-refractivity contribution in [3.63, 3.8) is 0 Å². The van der Waals surface area contributed by atoms with Gasteiger partial charge in [-0.3, -0.25) is 4.79 Å². The van der Waals surface area contributed by atoms with E-state index in [9.17, 15) is 9.90 Å². The van der Waals surface area contributed by atoms with Gasteiger partial charge >= 0.3 is 6.01 Å². The lowest BCUT2D eigenvalue weighted by molar-refractivity contribution is 0.106. The Labute approximate surface area is 168 Å². The van der Waals surface area contributed by atoms with Crippen molar-refractivity contribution in [2.24, 2.45) is 0 Å². The first-order chi connectivity index (χ1) is 13.6. The van der Waals surface area contributed by atoms with Crippen LogP contribution >= 0.6 is 15.9 Å². The summed E-state index contributed by atoms with van der Waals surface area (Å²) in [7, 11) is 0. The average molecular weight is 437 g/mol. The largest absolute Gasteiger partial charge is 0.506 e. The van der Waals surface area contributed by atoms with Crippen LogP contribution in [0.1, 0.15) is 34.0 Å². The van der Waals surface area contributed by atoms with Crippen LogP contribution in [0.2, 0.25) is 0 Å². The van der Waals surface area contributed by atoms with Gasteiger partial charge in [-0.2, -0.15) is 0 Å². The molecule has 3 heterocycles. The Hall–Kier alpha value is -3.19. The molecule has 6 nitrogen and oxygen atoms in total. The van der Waals surface area contributed by atoms with Crippen LogP contribution in [0.5, 0.6) is 11.8 Å². The van der Waals surface area contributed by atoms with Gasteiger partial charge in [0.2, 0.25) is 5.78 Å². The van der Waals surface area contributed by atoms with E-state index >= 15 is 0 Å². The molecule has 0 saturated carbocycles. The van der Waals surface area contributed by atoms with Crippen molar-refractivity contribution in [1.29, 1.82) is 0 Å². The van der Waals surface area contributed by atoms with Gasteiger partial charge in [0.1, 0.15) is 22.7 Å². The molecule has 138 valence electrons. The third-order valence-corrected chi connectivity index (χ3v) is 5.22. The van der Waals surface area contributed by atoms with Crippen LogP contribution in [0.15, 0.2) is 51.6 Å². The Morgan fingerprint density at radius 3 is 2.50 bits per heavy atom. The number of nitrogens with zero attached hydrogens (tertiary/aromatic N) is 2. The number of ether oxygens (including phenoxy) is 1. The molecule has 28 heavy (non-hydrogen) atoms. The molecular weight excluding hydrogens is 424 g/mol. The van der Waals surface area contributed by atoms with Gasteiger partial charge in [-0.1, -0.05) is 13.0 Å². The summed E-state index contributed by atoms with van der Waals surface area (Å²) in [6.45, 7) is 1.99. The smallest absolute Gasteiger partial charge is 0.321 e. The van der Waals surface area contributed by atoms with E-state index in [1.807, 2.05) is 13.0 Å². The number of fused-ring (bicyclic) bond motifs is 5. The van der Waals surface area contributed by atoms with Gasteiger partial charge in [-0.05, 0) is 57.7 Å². The molecule has 0 saturated heterocycles. The van der Waals surface area contributed by atoms with Crippen molar-refractivity contribution in [3.8, 4) is 11.8 Å². The topological polar surface area (TPSA) is 85.5 Å². The Morgan fingerprint density at radius 2 is 1.82 bits per heavy atom. The van der Waals surface area contributed by atoms with Crippen molar-refractivity contribution in [2.75, 3.05) is 0 Å². The molecule has 1 N–H and O–H groups in total. The van der Waals surface area contributed by atoms with Gasteiger partial charge in [-0.15, -0.1) is 0 Å². The number of benzene rings is 2. The summed E-state index contributed by atoms with van der Waals surface area (Å²) in [4.78, 5) is 21.3. The SMILES string of the molecule is CCc1ccc(Oc2ncc(Br)cn2)cc1C1=C(O)c2c(c3ccc2o3)C1=O. The number of hydrogen-bond acceptors (Lipinski definition) is 6. The zero-order valence-electron chi connectivity index (χ0n) is 14.7. The molecule has 1 aliphatic rings. The highest BCUT2D eigenvalue weighted by Crippen LogP contribution is 2.45. The Morgan fingerprint density at radius 1 is 1.11 bits per heavy atom. The fourth-order valence-corrected chi connectivity index (χ4v) is 3.74. The molecule has 1 aliphatic carbocycles. The van der Waals surface area contributed by atoms with Crippen molar-refractivity contribution in [3.05, 3.63) is 69.5 Å². The van der Waals surface area contributed by atoms with Crippen molar-refractivity contribution in [1.82, 2.24) is 9.97 Å². The molecular formula is C21H13BrN2O4. The molecule has 0 unspecified atom stereocenters. The normalized spacial score (nSPS) is 13.6.